The summed E-state index contributed by atoms with van der Waals surface area (Å²) in [6, 6.07) is 12.7. The van der Waals surface area contributed by atoms with E-state index in [1.54, 1.807) is 24.3 Å². The maximum Gasteiger partial charge on any atom is 0.313 e. The van der Waals surface area contributed by atoms with Crippen LogP contribution >= 0.6 is 11.6 Å². The number of rotatable bonds is 5. The number of methoxy groups -OCH3 is 1. The highest BCUT2D eigenvalue weighted by Crippen LogP contribution is 2.24. The molecule has 0 aliphatic rings. The quantitative estimate of drug-likeness (QED) is 0.818. The minimum Gasteiger partial charge on any atom is -0.495 e. The fourth-order valence-electron chi connectivity index (χ4n) is 2.15. The molecule has 0 spiro atoms. The Morgan fingerprint density at radius 3 is 2.46 bits per heavy atom. The number of anilines is 1. The molecule has 0 aliphatic carbocycles. The van der Waals surface area contributed by atoms with Gasteiger partial charge in [0.05, 0.1) is 12.8 Å². The molecule has 0 atom stereocenters. The van der Waals surface area contributed by atoms with Gasteiger partial charge in [0.1, 0.15) is 5.75 Å². The normalized spacial score (nSPS) is 10.1. The van der Waals surface area contributed by atoms with E-state index in [2.05, 4.69) is 10.6 Å². The van der Waals surface area contributed by atoms with E-state index in [0.29, 0.717) is 29.4 Å². The van der Waals surface area contributed by atoms with Gasteiger partial charge in [-0.1, -0.05) is 29.8 Å². The van der Waals surface area contributed by atoms with Crippen LogP contribution < -0.4 is 15.4 Å². The monoisotopic (exact) mass is 346 g/mol. The molecular formula is C18H19ClN2O3. The second kappa shape index (κ2) is 8.36. The Bertz CT molecular complexity index is 730. The lowest BCUT2D eigenvalue weighted by molar-refractivity contribution is -0.136. The van der Waals surface area contributed by atoms with Gasteiger partial charge < -0.3 is 15.4 Å². The fourth-order valence-corrected chi connectivity index (χ4v) is 2.28. The SMILES string of the molecule is COc1ccc(C)cc1NC(=O)C(=O)NCCc1ccc(Cl)cc1. The van der Waals surface area contributed by atoms with E-state index in [0.717, 1.165) is 11.1 Å². The number of amides is 2. The average Bonchev–Trinajstić information content (AvgIpc) is 2.56. The molecule has 2 aromatic carbocycles. The second-order valence-electron chi connectivity index (χ2n) is 5.29. The third kappa shape index (κ3) is 4.99. The van der Waals surface area contributed by atoms with Crippen molar-refractivity contribution in [2.24, 2.45) is 0 Å². The molecule has 0 aromatic heterocycles. The Morgan fingerprint density at radius 1 is 1.08 bits per heavy atom. The summed E-state index contributed by atoms with van der Waals surface area (Å²) in [6.45, 7) is 2.25. The smallest absolute Gasteiger partial charge is 0.313 e. The van der Waals surface area contributed by atoms with Crippen molar-refractivity contribution in [2.45, 2.75) is 13.3 Å². The predicted octanol–water partition coefficient (Wildman–Crippen LogP) is 2.95. The van der Waals surface area contributed by atoms with Crippen molar-refractivity contribution in [3.05, 3.63) is 58.6 Å². The molecule has 2 amide bonds. The number of halogens is 1. The predicted molar refractivity (Wildman–Crippen MR) is 94.5 cm³/mol. The molecule has 0 aliphatic heterocycles. The minimum atomic E-state index is -0.727. The highest BCUT2D eigenvalue weighted by atomic mass is 35.5. The molecule has 0 saturated carbocycles. The van der Waals surface area contributed by atoms with Crippen LogP contribution in [0.25, 0.3) is 0 Å². The summed E-state index contributed by atoms with van der Waals surface area (Å²) in [5.41, 5.74) is 2.45. The van der Waals surface area contributed by atoms with Gasteiger partial charge in [-0.25, -0.2) is 0 Å². The Hall–Kier alpha value is -2.53. The molecule has 0 fully saturated rings. The number of hydrogen-bond donors (Lipinski definition) is 2. The van der Waals surface area contributed by atoms with Crippen LogP contribution in [0.2, 0.25) is 5.02 Å². The van der Waals surface area contributed by atoms with Crippen molar-refractivity contribution in [3.63, 3.8) is 0 Å². The summed E-state index contributed by atoms with van der Waals surface area (Å²) in [5, 5.41) is 5.82. The van der Waals surface area contributed by atoms with E-state index >= 15 is 0 Å². The lowest BCUT2D eigenvalue weighted by atomic mass is 10.1. The molecule has 0 heterocycles. The van der Waals surface area contributed by atoms with Crippen molar-refractivity contribution < 1.29 is 14.3 Å². The largest absolute Gasteiger partial charge is 0.495 e. The maximum atomic E-state index is 12.0. The van der Waals surface area contributed by atoms with Gasteiger partial charge in [0.25, 0.3) is 0 Å². The molecular weight excluding hydrogens is 328 g/mol. The van der Waals surface area contributed by atoms with Crippen LogP contribution in [0.3, 0.4) is 0 Å². The van der Waals surface area contributed by atoms with Crippen LogP contribution in [0.4, 0.5) is 5.69 Å². The van der Waals surface area contributed by atoms with Crippen molar-refractivity contribution in [3.8, 4) is 5.75 Å². The summed E-state index contributed by atoms with van der Waals surface area (Å²) in [5.74, 6) is -0.912. The van der Waals surface area contributed by atoms with Crippen LogP contribution in [-0.4, -0.2) is 25.5 Å². The first-order valence-electron chi connectivity index (χ1n) is 7.48. The lowest BCUT2D eigenvalue weighted by Gasteiger charge is -2.11. The van der Waals surface area contributed by atoms with E-state index in [-0.39, 0.29) is 0 Å². The molecule has 24 heavy (non-hydrogen) atoms. The van der Waals surface area contributed by atoms with Crippen molar-refractivity contribution in [1.29, 1.82) is 0 Å². The summed E-state index contributed by atoms with van der Waals surface area (Å²) in [6.07, 6.45) is 0.615. The first-order valence-corrected chi connectivity index (χ1v) is 7.85. The molecule has 0 saturated heterocycles. The molecule has 2 aromatic rings. The number of benzene rings is 2. The molecule has 2 rings (SSSR count). The number of carbonyl (C=O) groups is 2. The Labute approximate surface area is 146 Å². The fraction of sp³-hybridized carbons (Fsp3) is 0.222. The zero-order chi connectivity index (χ0) is 17.5. The molecule has 0 bridgehead atoms. The lowest BCUT2D eigenvalue weighted by Crippen LogP contribution is -2.36. The summed E-state index contributed by atoms with van der Waals surface area (Å²) in [4.78, 5) is 23.9. The molecule has 0 unspecified atom stereocenters. The minimum absolute atomic E-state index is 0.360. The Balaban J connectivity index is 1.87. The van der Waals surface area contributed by atoms with Gasteiger partial charge in [-0.3, -0.25) is 9.59 Å². The van der Waals surface area contributed by atoms with E-state index in [4.69, 9.17) is 16.3 Å². The molecule has 126 valence electrons. The van der Waals surface area contributed by atoms with Gasteiger partial charge in [-0.05, 0) is 48.7 Å². The van der Waals surface area contributed by atoms with Gasteiger partial charge in [-0.2, -0.15) is 0 Å². The molecule has 5 nitrogen and oxygen atoms in total. The van der Waals surface area contributed by atoms with Gasteiger partial charge in [-0.15, -0.1) is 0 Å². The van der Waals surface area contributed by atoms with Crippen LogP contribution in [0, 0.1) is 6.92 Å². The van der Waals surface area contributed by atoms with Crippen molar-refractivity contribution >= 4 is 29.1 Å². The summed E-state index contributed by atoms with van der Waals surface area (Å²) < 4.78 is 5.17. The number of nitrogens with one attached hydrogen (secondary N) is 2. The zero-order valence-corrected chi connectivity index (χ0v) is 14.3. The Kier molecular flexibility index (Phi) is 6.21. The number of aryl methyl sites for hydroxylation is 1. The third-order valence-corrected chi connectivity index (χ3v) is 3.67. The van der Waals surface area contributed by atoms with Crippen molar-refractivity contribution in [2.75, 3.05) is 19.0 Å². The van der Waals surface area contributed by atoms with Gasteiger partial charge in [0, 0.05) is 11.6 Å². The van der Waals surface area contributed by atoms with Crippen LogP contribution in [0.15, 0.2) is 42.5 Å². The summed E-state index contributed by atoms with van der Waals surface area (Å²) >= 11 is 5.82. The average molecular weight is 347 g/mol. The second-order valence-corrected chi connectivity index (χ2v) is 5.73. The number of ether oxygens (including phenoxy) is 1. The molecule has 6 heteroatoms. The number of carbonyl (C=O) groups excluding carboxylic acids is 2. The standard InChI is InChI=1S/C18H19ClN2O3/c1-12-3-8-16(24-2)15(11-12)21-18(23)17(22)20-10-9-13-4-6-14(19)7-5-13/h3-8,11H,9-10H2,1-2H3,(H,20,22)(H,21,23). The number of hydrogen-bond acceptors (Lipinski definition) is 3. The molecule has 0 radical (unpaired) electrons. The van der Waals surface area contributed by atoms with E-state index in [1.807, 2.05) is 25.1 Å². The van der Waals surface area contributed by atoms with Crippen LogP contribution in [0.1, 0.15) is 11.1 Å². The summed E-state index contributed by atoms with van der Waals surface area (Å²) in [7, 11) is 1.51. The third-order valence-electron chi connectivity index (χ3n) is 3.42. The van der Waals surface area contributed by atoms with Gasteiger partial charge >= 0.3 is 11.8 Å². The van der Waals surface area contributed by atoms with Crippen molar-refractivity contribution in [1.82, 2.24) is 5.32 Å². The van der Waals surface area contributed by atoms with E-state index < -0.39 is 11.8 Å². The van der Waals surface area contributed by atoms with Crippen LogP contribution in [-0.2, 0) is 16.0 Å². The van der Waals surface area contributed by atoms with E-state index in [1.165, 1.54) is 7.11 Å². The van der Waals surface area contributed by atoms with Crippen LogP contribution in [0.5, 0.6) is 5.75 Å². The first kappa shape index (κ1) is 17.8. The first-order chi connectivity index (χ1) is 11.5. The topological polar surface area (TPSA) is 67.4 Å². The van der Waals surface area contributed by atoms with Gasteiger partial charge in [0.15, 0.2) is 0 Å². The molecule has 2 N–H and O–H groups in total. The highest BCUT2D eigenvalue weighted by Gasteiger charge is 2.15. The van der Waals surface area contributed by atoms with E-state index in [9.17, 15) is 9.59 Å². The zero-order valence-electron chi connectivity index (χ0n) is 13.6. The Morgan fingerprint density at radius 2 is 1.79 bits per heavy atom. The van der Waals surface area contributed by atoms with Gasteiger partial charge in [0.2, 0.25) is 0 Å². The highest BCUT2D eigenvalue weighted by molar-refractivity contribution is 6.39. The maximum absolute atomic E-state index is 12.0.